The molecule has 82 valence electrons. The topological polar surface area (TPSA) is 25.8 Å². The van der Waals surface area contributed by atoms with Gasteiger partial charge in [0.15, 0.2) is 0 Å². The molecule has 1 aromatic carbocycles. The fraction of sp³-hybridized carbons (Fsp3) is 0.286. The normalized spacial score (nSPS) is 12.4. The van der Waals surface area contributed by atoms with Gasteiger partial charge in [-0.05, 0) is 42.7 Å². The first-order chi connectivity index (χ1) is 7.70. The Morgan fingerprint density at radius 1 is 1.06 bits per heavy atom. The first-order valence-corrected chi connectivity index (χ1v) is 5.54. The molecule has 1 atom stereocenters. The molecular weight excluding hydrogens is 196 g/mol. The molecule has 2 nitrogen and oxygen atoms in total. The van der Waals surface area contributed by atoms with Gasteiger partial charge in [0.05, 0.1) is 5.69 Å². The van der Waals surface area contributed by atoms with E-state index in [1.165, 1.54) is 16.7 Å². The van der Waals surface area contributed by atoms with Crippen LogP contribution >= 0.6 is 0 Å². The van der Waals surface area contributed by atoms with Crippen molar-refractivity contribution in [2.45, 2.75) is 26.7 Å². The second-order valence-corrected chi connectivity index (χ2v) is 4.16. The molecule has 0 radical (unpaired) electrons. The Kier molecular flexibility index (Phi) is 3.00. The molecule has 0 amide bonds. The van der Waals surface area contributed by atoms with Gasteiger partial charge in [-0.2, -0.15) is 10.2 Å². The third kappa shape index (κ3) is 1.96. The maximum Gasteiger partial charge on any atom is 0.0703 e. The lowest BCUT2D eigenvalue weighted by Gasteiger charge is -2.15. The van der Waals surface area contributed by atoms with E-state index >= 15 is 0 Å². The average molecular weight is 212 g/mol. The van der Waals surface area contributed by atoms with E-state index in [-0.39, 0.29) is 0 Å². The van der Waals surface area contributed by atoms with Crippen LogP contribution in [0, 0.1) is 13.8 Å². The molecular formula is C14H16N2. The van der Waals surface area contributed by atoms with Gasteiger partial charge in [0.25, 0.3) is 0 Å². The van der Waals surface area contributed by atoms with Crippen molar-refractivity contribution < 1.29 is 0 Å². The van der Waals surface area contributed by atoms with Crippen LogP contribution in [0.25, 0.3) is 0 Å². The Hall–Kier alpha value is -1.70. The van der Waals surface area contributed by atoms with Gasteiger partial charge in [-0.1, -0.05) is 25.1 Å². The predicted octanol–water partition coefficient (Wildman–Crippen LogP) is 3.25. The third-order valence-corrected chi connectivity index (χ3v) is 3.15. The summed E-state index contributed by atoms with van der Waals surface area (Å²) in [6, 6.07) is 10.4. The molecule has 0 fully saturated rings. The first-order valence-electron chi connectivity index (χ1n) is 5.54. The van der Waals surface area contributed by atoms with E-state index in [1.54, 1.807) is 6.20 Å². The van der Waals surface area contributed by atoms with Crippen molar-refractivity contribution in [2.75, 3.05) is 0 Å². The molecule has 2 aromatic rings. The molecule has 1 aromatic heterocycles. The quantitative estimate of drug-likeness (QED) is 0.763. The number of aryl methyl sites for hydroxylation is 1. The monoisotopic (exact) mass is 212 g/mol. The third-order valence-electron chi connectivity index (χ3n) is 3.15. The summed E-state index contributed by atoms with van der Waals surface area (Å²) in [5, 5.41) is 8.11. The summed E-state index contributed by atoms with van der Waals surface area (Å²) < 4.78 is 0. The van der Waals surface area contributed by atoms with Crippen molar-refractivity contribution in [3.63, 3.8) is 0 Å². The molecule has 0 spiro atoms. The highest BCUT2D eigenvalue weighted by molar-refractivity contribution is 5.38. The molecule has 2 heteroatoms. The van der Waals surface area contributed by atoms with E-state index in [1.807, 2.05) is 12.1 Å². The van der Waals surface area contributed by atoms with Crippen LogP contribution < -0.4 is 0 Å². The number of hydrogen-bond donors (Lipinski definition) is 0. The molecule has 0 aliphatic carbocycles. The smallest absolute Gasteiger partial charge is 0.0703 e. The molecule has 1 unspecified atom stereocenters. The summed E-state index contributed by atoms with van der Waals surface area (Å²) in [6.07, 6.45) is 1.71. The van der Waals surface area contributed by atoms with Crippen LogP contribution in [0.1, 0.15) is 35.2 Å². The Morgan fingerprint density at radius 2 is 1.88 bits per heavy atom. The number of benzene rings is 1. The molecule has 0 aliphatic heterocycles. The lowest BCUT2D eigenvalue weighted by Crippen LogP contribution is -2.03. The molecule has 1 heterocycles. The van der Waals surface area contributed by atoms with Crippen LogP contribution in [-0.2, 0) is 0 Å². The fourth-order valence-electron chi connectivity index (χ4n) is 1.95. The van der Waals surface area contributed by atoms with Crippen molar-refractivity contribution in [2.24, 2.45) is 0 Å². The minimum atomic E-state index is 0.300. The van der Waals surface area contributed by atoms with Crippen molar-refractivity contribution in [3.05, 3.63) is 58.9 Å². The summed E-state index contributed by atoms with van der Waals surface area (Å²) in [5.41, 5.74) is 5.03. The molecule has 2 rings (SSSR count). The Bertz CT molecular complexity index is 477. The zero-order chi connectivity index (χ0) is 11.5. The van der Waals surface area contributed by atoms with Gasteiger partial charge < -0.3 is 0 Å². The van der Waals surface area contributed by atoms with Crippen LogP contribution in [-0.4, -0.2) is 10.2 Å². The van der Waals surface area contributed by atoms with E-state index in [9.17, 15) is 0 Å². The second kappa shape index (κ2) is 4.44. The molecule has 0 saturated heterocycles. The predicted molar refractivity (Wildman–Crippen MR) is 65.5 cm³/mol. The summed E-state index contributed by atoms with van der Waals surface area (Å²) in [7, 11) is 0. The highest BCUT2D eigenvalue weighted by Crippen LogP contribution is 2.26. The number of hydrogen-bond acceptors (Lipinski definition) is 2. The highest BCUT2D eigenvalue weighted by Gasteiger charge is 2.12. The SMILES string of the molecule is Cc1cccc(C(C)c2cccnn2)c1C. The largest absolute Gasteiger partial charge is 0.159 e. The highest BCUT2D eigenvalue weighted by atomic mass is 15.1. The van der Waals surface area contributed by atoms with Crippen LogP contribution in [0.2, 0.25) is 0 Å². The van der Waals surface area contributed by atoms with Gasteiger partial charge in [-0.15, -0.1) is 0 Å². The molecule has 0 saturated carbocycles. The van der Waals surface area contributed by atoms with Gasteiger partial charge in [0.2, 0.25) is 0 Å². The van der Waals surface area contributed by atoms with E-state index in [0.29, 0.717) is 5.92 Å². The van der Waals surface area contributed by atoms with Crippen LogP contribution in [0.15, 0.2) is 36.5 Å². The Labute approximate surface area is 96.4 Å². The van der Waals surface area contributed by atoms with Crippen molar-refractivity contribution >= 4 is 0 Å². The summed E-state index contributed by atoms with van der Waals surface area (Å²) in [5.74, 6) is 0.300. The maximum atomic E-state index is 4.18. The van der Waals surface area contributed by atoms with Gasteiger partial charge in [0.1, 0.15) is 0 Å². The minimum absolute atomic E-state index is 0.300. The van der Waals surface area contributed by atoms with Gasteiger partial charge in [-0.3, -0.25) is 0 Å². The summed E-state index contributed by atoms with van der Waals surface area (Å²) in [4.78, 5) is 0. The summed E-state index contributed by atoms with van der Waals surface area (Å²) >= 11 is 0. The fourth-order valence-corrected chi connectivity index (χ4v) is 1.95. The van der Waals surface area contributed by atoms with Crippen LogP contribution in [0.4, 0.5) is 0 Å². The van der Waals surface area contributed by atoms with Gasteiger partial charge >= 0.3 is 0 Å². The standard InChI is InChI=1S/C14H16N2/c1-10-6-4-7-13(11(10)2)12(3)14-8-5-9-15-16-14/h4-9,12H,1-3H3. The van der Waals surface area contributed by atoms with E-state index in [0.717, 1.165) is 5.69 Å². The average Bonchev–Trinajstić information content (AvgIpc) is 2.33. The Balaban J connectivity index is 2.42. The molecule has 0 aliphatic rings. The zero-order valence-electron chi connectivity index (χ0n) is 9.94. The lowest BCUT2D eigenvalue weighted by atomic mass is 9.91. The lowest BCUT2D eigenvalue weighted by molar-refractivity contribution is 0.815. The van der Waals surface area contributed by atoms with Gasteiger partial charge in [-0.25, -0.2) is 0 Å². The minimum Gasteiger partial charge on any atom is -0.159 e. The number of nitrogens with zero attached hydrogens (tertiary/aromatic N) is 2. The first kappa shape index (κ1) is 10.8. The summed E-state index contributed by atoms with van der Waals surface area (Å²) in [6.45, 7) is 6.48. The number of rotatable bonds is 2. The van der Waals surface area contributed by atoms with Crippen molar-refractivity contribution in [3.8, 4) is 0 Å². The van der Waals surface area contributed by atoms with Crippen molar-refractivity contribution in [1.82, 2.24) is 10.2 Å². The van der Waals surface area contributed by atoms with E-state index in [2.05, 4.69) is 49.2 Å². The second-order valence-electron chi connectivity index (χ2n) is 4.16. The Morgan fingerprint density at radius 3 is 2.56 bits per heavy atom. The van der Waals surface area contributed by atoms with Crippen molar-refractivity contribution in [1.29, 1.82) is 0 Å². The van der Waals surface area contributed by atoms with E-state index < -0.39 is 0 Å². The molecule has 16 heavy (non-hydrogen) atoms. The van der Waals surface area contributed by atoms with E-state index in [4.69, 9.17) is 0 Å². The van der Waals surface area contributed by atoms with Crippen LogP contribution in [0.5, 0.6) is 0 Å². The van der Waals surface area contributed by atoms with Gasteiger partial charge in [0, 0.05) is 12.1 Å². The van der Waals surface area contributed by atoms with Crippen LogP contribution in [0.3, 0.4) is 0 Å². The maximum absolute atomic E-state index is 4.18. The molecule has 0 N–H and O–H groups in total. The zero-order valence-corrected chi connectivity index (χ0v) is 9.94. The molecule has 0 bridgehead atoms. The number of aromatic nitrogens is 2.